The first-order chi connectivity index (χ1) is 11.6. The summed E-state index contributed by atoms with van der Waals surface area (Å²) >= 11 is 2.82. The molecule has 0 radical (unpaired) electrons. The molecule has 1 aromatic heterocycles. The summed E-state index contributed by atoms with van der Waals surface area (Å²) in [5, 5.41) is 10.4. The fourth-order valence-corrected chi connectivity index (χ4v) is 4.58. The molecule has 6 nitrogen and oxygen atoms in total. The van der Waals surface area contributed by atoms with E-state index in [1.807, 2.05) is 25.1 Å². The number of nitrogens with one attached hydrogen (secondary N) is 1. The lowest BCUT2D eigenvalue weighted by molar-refractivity contribution is -0.115. The molecule has 1 spiro atoms. The number of carbonyl (C=O) groups excluding carboxylic acids is 1. The number of amides is 1. The Morgan fingerprint density at radius 3 is 2.88 bits per heavy atom. The van der Waals surface area contributed by atoms with E-state index in [0.717, 1.165) is 35.8 Å². The van der Waals surface area contributed by atoms with Crippen LogP contribution >= 0.6 is 23.1 Å². The first kappa shape index (κ1) is 15.7. The van der Waals surface area contributed by atoms with Crippen LogP contribution in [0.3, 0.4) is 0 Å². The van der Waals surface area contributed by atoms with Crippen molar-refractivity contribution in [2.75, 3.05) is 5.32 Å². The summed E-state index contributed by atoms with van der Waals surface area (Å²) in [5.74, 6) is 0.904. The van der Waals surface area contributed by atoms with Gasteiger partial charge in [-0.25, -0.2) is 0 Å². The molecule has 1 saturated carbocycles. The number of thioether (sulfide) groups is 1. The van der Waals surface area contributed by atoms with Crippen molar-refractivity contribution in [1.82, 2.24) is 10.2 Å². The van der Waals surface area contributed by atoms with Crippen LogP contribution in [0.15, 0.2) is 28.0 Å². The van der Waals surface area contributed by atoms with Crippen molar-refractivity contribution in [2.24, 2.45) is 0 Å². The second-order valence-corrected chi connectivity index (χ2v) is 8.36. The minimum atomic E-state index is -0.480. The molecule has 0 bridgehead atoms. The Bertz CT molecular complexity index is 745. The minimum absolute atomic E-state index is 0.0790. The van der Waals surface area contributed by atoms with Crippen LogP contribution < -0.4 is 14.8 Å². The zero-order chi connectivity index (χ0) is 16.6. The molecule has 24 heavy (non-hydrogen) atoms. The highest BCUT2D eigenvalue weighted by molar-refractivity contribution is 8.02. The number of fused-ring (bicyclic) bond motifs is 1. The highest BCUT2D eigenvalue weighted by atomic mass is 32.2. The van der Waals surface area contributed by atoms with Gasteiger partial charge in [0.1, 0.15) is 5.51 Å². The predicted octanol–water partition coefficient (Wildman–Crippen LogP) is 3.70. The third kappa shape index (κ3) is 3.08. The number of aromatic nitrogens is 2. The van der Waals surface area contributed by atoms with Crippen LogP contribution in [0, 0.1) is 0 Å². The molecule has 1 N–H and O–H groups in total. The predicted molar refractivity (Wildman–Crippen MR) is 92.8 cm³/mol. The van der Waals surface area contributed by atoms with Gasteiger partial charge in [-0.3, -0.25) is 4.79 Å². The molecule has 8 heteroatoms. The highest BCUT2D eigenvalue weighted by Crippen LogP contribution is 2.47. The normalized spacial score (nSPS) is 18.7. The standard InChI is InChI=1S/C16H17N3O3S2/c1-10(24-15-19-17-9-23-15)14(20)18-11-4-5-12-13(8-11)22-16(21-12)6-2-3-7-16/h4-5,8-10H,2-3,6-7H2,1H3,(H,18,20)/t10-/m1/s1. The summed E-state index contributed by atoms with van der Waals surface area (Å²) in [5.41, 5.74) is 2.37. The number of nitrogens with zero attached hydrogens (tertiary/aromatic N) is 2. The van der Waals surface area contributed by atoms with Crippen LogP contribution in [-0.4, -0.2) is 27.1 Å². The zero-order valence-electron chi connectivity index (χ0n) is 13.2. The molecule has 1 atom stereocenters. The third-order valence-electron chi connectivity index (χ3n) is 4.16. The molecule has 4 rings (SSSR count). The quantitative estimate of drug-likeness (QED) is 0.835. The van der Waals surface area contributed by atoms with Crippen LogP contribution in [0.25, 0.3) is 0 Å². The molecular weight excluding hydrogens is 346 g/mol. The van der Waals surface area contributed by atoms with Gasteiger partial charge in [-0.15, -0.1) is 10.2 Å². The topological polar surface area (TPSA) is 73.3 Å². The van der Waals surface area contributed by atoms with Gasteiger partial charge >= 0.3 is 0 Å². The van der Waals surface area contributed by atoms with Gasteiger partial charge in [0.15, 0.2) is 15.8 Å². The number of carbonyl (C=O) groups is 1. The van der Waals surface area contributed by atoms with Gasteiger partial charge in [-0.2, -0.15) is 0 Å². The van der Waals surface area contributed by atoms with E-state index in [0.29, 0.717) is 11.4 Å². The molecule has 1 aromatic carbocycles. The van der Waals surface area contributed by atoms with E-state index in [2.05, 4.69) is 15.5 Å². The first-order valence-electron chi connectivity index (χ1n) is 7.89. The van der Waals surface area contributed by atoms with Crippen molar-refractivity contribution in [3.63, 3.8) is 0 Å². The summed E-state index contributed by atoms with van der Waals surface area (Å²) in [4.78, 5) is 12.3. The van der Waals surface area contributed by atoms with Crippen LogP contribution in [-0.2, 0) is 4.79 Å². The van der Waals surface area contributed by atoms with Crippen molar-refractivity contribution in [1.29, 1.82) is 0 Å². The monoisotopic (exact) mass is 363 g/mol. The van der Waals surface area contributed by atoms with Gasteiger partial charge in [0.05, 0.1) is 5.25 Å². The van der Waals surface area contributed by atoms with E-state index in [4.69, 9.17) is 9.47 Å². The van der Waals surface area contributed by atoms with Crippen molar-refractivity contribution in [3.05, 3.63) is 23.7 Å². The zero-order valence-corrected chi connectivity index (χ0v) is 14.8. The lowest BCUT2D eigenvalue weighted by atomic mass is 10.2. The summed E-state index contributed by atoms with van der Waals surface area (Å²) in [7, 11) is 0. The molecule has 2 aliphatic rings. The summed E-state index contributed by atoms with van der Waals surface area (Å²) in [6.45, 7) is 1.85. The Morgan fingerprint density at radius 2 is 2.12 bits per heavy atom. The Kier molecular flexibility index (Phi) is 4.09. The van der Waals surface area contributed by atoms with Crippen molar-refractivity contribution in [3.8, 4) is 11.5 Å². The summed E-state index contributed by atoms with van der Waals surface area (Å²) < 4.78 is 12.8. The van der Waals surface area contributed by atoms with Crippen LogP contribution in [0.4, 0.5) is 5.69 Å². The van der Waals surface area contributed by atoms with Gasteiger partial charge in [0.2, 0.25) is 5.91 Å². The van der Waals surface area contributed by atoms with E-state index < -0.39 is 5.79 Å². The Hall–Kier alpha value is -1.80. The fraction of sp³-hybridized carbons (Fsp3) is 0.438. The average Bonchev–Trinajstić information content (AvgIpc) is 3.28. The van der Waals surface area contributed by atoms with E-state index in [1.165, 1.54) is 23.1 Å². The minimum Gasteiger partial charge on any atom is -0.448 e. The number of anilines is 1. The van der Waals surface area contributed by atoms with Gasteiger partial charge in [-0.1, -0.05) is 23.1 Å². The molecule has 1 aliphatic heterocycles. The SMILES string of the molecule is C[C@@H](Sc1nncs1)C(=O)Nc1ccc2c(c1)OC1(CCCC1)O2. The van der Waals surface area contributed by atoms with E-state index in [1.54, 1.807) is 5.51 Å². The van der Waals surface area contributed by atoms with Crippen molar-refractivity contribution in [2.45, 2.75) is 48.0 Å². The van der Waals surface area contributed by atoms with E-state index in [9.17, 15) is 4.79 Å². The molecule has 2 aromatic rings. The number of ether oxygens (including phenoxy) is 2. The third-order valence-corrected chi connectivity index (χ3v) is 6.07. The number of hydrogen-bond acceptors (Lipinski definition) is 7. The number of rotatable bonds is 4. The second kappa shape index (κ2) is 6.25. The van der Waals surface area contributed by atoms with E-state index in [-0.39, 0.29) is 11.2 Å². The van der Waals surface area contributed by atoms with Crippen molar-refractivity contribution < 1.29 is 14.3 Å². The number of benzene rings is 1. The number of hydrogen-bond donors (Lipinski definition) is 1. The molecule has 1 aliphatic carbocycles. The Balaban J connectivity index is 1.42. The lowest BCUT2D eigenvalue weighted by Crippen LogP contribution is -2.34. The largest absolute Gasteiger partial charge is 0.448 e. The maximum absolute atomic E-state index is 12.3. The van der Waals surface area contributed by atoms with Gasteiger partial charge < -0.3 is 14.8 Å². The summed E-state index contributed by atoms with van der Waals surface area (Å²) in [6.07, 6.45) is 4.08. The fourth-order valence-electron chi connectivity index (χ4n) is 2.95. The molecular formula is C16H17N3O3S2. The first-order valence-corrected chi connectivity index (χ1v) is 9.65. The molecule has 2 heterocycles. The molecule has 0 saturated heterocycles. The van der Waals surface area contributed by atoms with Crippen LogP contribution in [0.2, 0.25) is 0 Å². The smallest absolute Gasteiger partial charge is 0.251 e. The molecule has 126 valence electrons. The lowest BCUT2D eigenvalue weighted by Gasteiger charge is -2.21. The second-order valence-electron chi connectivity index (χ2n) is 5.94. The van der Waals surface area contributed by atoms with Crippen LogP contribution in [0.5, 0.6) is 11.5 Å². The maximum atomic E-state index is 12.3. The van der Waals surface area contributed by atoms with Crippen LogP contribution in [0.1, 0.15) is 32.6 Å². The van der Waals surface area contributed by atoms with Gasteiger partial charge in [0, 0.05) is 24.6 Å². The van der Waals surface area contributed by atoms with Gasteiger partial charge in [0.25, 0.3) is 5.79 Å². The molecule has 1 amide bonds. The Labute approximate surface area is 148 Å². The van der Waals surface area contributed by atoms with E-state index >= 15 is 0 Å². The average molecular weight is 363 g/mol. The van der Waals surface area contributed by atoms with Crippen molar-refractivity contribution >= 4 is 34.7 Å². The van der Waals surface area contributed by atoms with Gasteiger partial charge in [-0.05, 0) is 31.9 Å². The molecule has 0 unspecified atom stereocenters. The summed E-state index contributed by atoms with van der Waals surface area (Å²) in [6, 6.07) is 5.54. The maximum Gasteiger partial charge on any atom is 0.251 e. The molecule has 1 fully saturated rings. The highest BCUT2D eigenvalue weighted by Gasteiger charge is 2.44. The Morgan fingerprint density at radius 1 is 1.33 bits per heavy atom.